The quantitative estimate of drug-likeness (QED) is 0.587. The van der Waals surface area contributed by atoms with E-state index in [1.165, 1.54) is 0 Å². The van der Waals surface area contributed by atoms with E-state index in [-0.39, 0.29) is 0 Å². The maximum Gasteiger partial charge on any atom is 0.126 e. The zero-order chi connectivity index (χ0) is 11.1. The molecule has 15 heavy (non-hydrogen) atoms. The van der Waals surface area contributed by atoms with Crippen molar-refractivity contribution in [3.8, 4) is 12.3 Å². The molecule has 0 aliphatic heterocycles. The van der Waals surface area contributed by atoms with E-state index >= 15 is 0 Å². The maximum absolute atomic E-state index is 5.67. The van der Waals surface area contributed by atoms with Crippen LogP contribution in [0.15, 0.2) is 12.3 Å². The normalized spacial score (nSPS) is 9.60. The molecule has 0 saturated carbocycles. The van der Waals surface area contributed by atoms with Gasteiger partial charge in [-0.15, -0.1) is 18.2 Å². The summed E-state index contributed by atoms with van der Waals surface area (Å²) in [5, 5.41) is 3.22. The monoisotopic (exact) mass is 221 g/mol. The molecular weight excluding hydrogens is 206 g/mol. The minimum Gasteiger partial charge on any atom is -0.397 e. The van der Waals surface area contributed by atoms with Crippen molar-refractivity contribution in [2.75, 3.05) is 29.1 Å². The number of terminal acetylenes is 1. The van der Waals surface area contributed by atoms with Gasteiger partial charge in [0.15, 0.2) is 0 Å². The third kappa shape index (κ3) is 4.13. The van der Waals surface area contributed by atoms with Crippen LogP contribution in [-0.4, -0.2) is 23.0 Å². The van der Waals surface area contributed by atoms with Crippen molar-refractivity contribution in [2.45, 2.75) is 6.92 Å². The molecule has 0 bridgehead atoms. The van der Waals surface area contributed by atoms with Crippen molar-refractivity contribution in [2.24, 2.45) is 0 Å². The fraction of sp³-hybridized carbons (Fsp3) is 0.364. The van der Waals surface area contributed by atoms with E-state index in [9.17, 15) is 0 Å². The van der Waals surface area contributed by atoms with Crippen LogP contribution in [0.2, 0.25) is 0 Å². The van der Waals surface area contributed by atoms with E-state index in [4.69, 9.17) is 12.2 Å². The summed E-state index contributed by atoms with van der Waals surface area (Å²) in [6, 6.07) is 1.95. The lowest BCUT2D eigenvalue weighted by atomic mass is 10.2. The van der Waals surface area contributed by atoms with Gasteiger partial charge in [-0.05, 0) is 18.6 Å². The van der Waals surface area contributed by atoms with E-state index in [2.05, 4.69) is 16.2 Å². The Morgan fingerprint density at radius 2 is 2.47 bits per heavy atom. The third-order valence-electron chi connectivity index (χ3n) is 1.89. The molecule has 0 aromatic carbocycles. The van der Waals surface area contributed by atoms with Crippen molar-refractivity contribution in [3.63, 3.8) is 0 Å². The van der Waals surface area contributed by atoms with Crippen molar-refractivity contribution in [3.05, 3.63) is 17.8 Å². The van der Waals surface area contributed by atoms with Gasteiger partial charge in [-0.1, -0.05) is 5.92 Å². The van der Waals surface area contributed by atoms with E-state index in [1.54, 1.807) is 18.0 Å². The highest BCUT2D eigenvalue weighted by Crippen LogP contribution is 2.12. The first-order valence-electron chi connectivity index (χ1n) is 4.71. The lowest BCUT2D eigenvalue weighted by Crippen LogP contribution is -2.06. The van der Waals surface area contributed by atoms with Gasteiger partial charge in [0.05, 0.1) is 17.6 Å². The molecule has 1 aromatic heterocycles. The molecule has 1 aromatic rings. The van der Waals surface area contributed by atoms with Gasteiger partial charge in [-0.25, -0.2) is 4.98 Å². The highest BCUT2D eigenvalue weighted by Gasteiger charge is 1.97. The largest absolute Gasteiger partial charge is 0.397 e. The molecule has 80 valence electrons. The molecule has 0 spiro atoms. The molecule has 0 aliphatic carbocycles. The van der Waals surface area contributed by atoms with Crippen molar-refractivity contribution < 1.29 is 0 Å². The number of anilines is 2. The fourth-order valence-electron chi connectivity index (χ4n) is 1.05. The van der Waals surface area contributed by atoms with E-state index < -0.39 is 0 Å². The molecule has 1 rings (SSSR count). The molecular formula is C11H15N3S. The molecule has 3 N–H and O–H groups in total. The number of nitrogens with zero attached hydrogens (tertiary/aromatic N) is 1. The number of nitrogens with one attached hydrogen (secondary N) is 1. The zero-order valence-electron chi connectivity index (χ0n) is 8.79. The average molecular weight is 221 g/mol. The molecule has 0 radical (unpaired) electrons. The Kier molecular flexibility index (Phi) is 4.85. The van der Waals surface area contributed by atoms with Crippen LogP contribution >= 0.6 is 11.8 Å². The predicted molar refractivity (Wildman–Crippen MR) is 68.0 cm³/mol. The molecule has 0 atom stereocenters. The summed E-state index contributed by atoms with van der Waals surface area (Å²) in [6.45, 7) is 2.83. The second-order valence-corrected chi connectivity index (χ2v) is 4.21. The summed E-state index contributed by atoms with van der Waals surface area (Å²) in [5.74, 6) is 5.19. The highest BCUT2D eigenvalue weighted by atomic mass is 32.2. The number of aromatic nitrogens is 1. The van der Waals surface area contributed by atoms with Crippen LogP contribution < -0.4 is 11.1 Å². The van der Waals surface area contributed by atoms with Gasteiger partial charge in [0, 0.05) is 12.3 Å². The van der Waals surface area contributed by atoms with Crippen LogP contribution in [0.5, 0.6) is 0 Å². The van der Waals surface area contributed by atoms with Crippen LogP contribution in [0.25, 0.3) is 0 Å². The highest BCUT2D eigenvalue weighted by molar-refractivity contribution is 7.99. The Hall–Kier alpha value is -1.34. The number of rotatable bonds is 5. The Morgan fingerprint density at radius 1 is 1.67 bits per heavy atom. The lowest BCUT2D eigenvalue weighted by molar-refractivity contribution is 1.16. The number of nitrogens with two attached hydrogens (primary N) is 1. The number of pyridine rings is 1. The van der Waals surface area contributed by atoms with E-state index in [1.807, 2.05) is 13.0 Å². The predicted octanol–water partition coefficient (Wildman–Crippen LogP) is 1.75. The van der Waals surface area contributed by atoms with Crippen molar-refractivity contribution in [1.82, 2.24) is 4.98 Å². The van der Waals surface area contributed by atoms with Crippen LogP contribution in [0.3, 0.4) is 0 Å². The molecule has 3 nitrogen and oxygen atoms in total. The Morgan fingerprint density at radius 3 is 3.13 bits per heavy atom. The van der Waals surface area contributed by atoms with Crippen molar-refractivity contribution >= 4 is 23.3 Å². The standard InChI is InChI=1S/C11H15N3S/c1-3-5-15-6-4-13-11-7-9(2)10(12)8-14-11/h1,7-8H,4-6,12H2,2H3,(H,13,14). The first kappa shape index (κ1) is 11.7. The molecule has 0 aliphatic rings. The molecule has 0 amide bonds. The summed E-state index contributed by atoms with van der Waals surface area (Å²) in [4.78, 5) is 4.17. The number of hydrogen-bond acceptors (Lipinski definition) is 4. The number of hydrogen-bond donors (Lipinski definition) is 2. The molecule has 0 saturated heterocycles. The van der Waals surface area contributed by atoms with E-state index in [0.717, 1.165) is 35.1 Å². The topological polar surface area (TPSA) is 50.9 Å². The molecule has 0 unspecified atom stereocenters. The summed E-state index contributed by atoms with van der Waals surface area (Å²) < 4.78 is 0. The number of nitrogen functional groups attached to an aromatic ring is 1. The maximum atomic E-state index is 5.67. The Labute approximate surface area is 94.9 Å². The fourth-order valence-corrected chi connectivity index (χ4v) is 1.55. The van der Waals surface area contributed by atoms with Gasteiger partial charge < -0.3 is 11.1 Å². The molecule has 1 heterocycles. The van der Waals surface area contributed by atoms with Crippen molar-refractivity contribution in [1.29, 1.82) is 0 Å². The summed E-state index contributed by atoms with van der Waals surface area (Å²) in [7, 11) is 0. The average Bonchev–Trinajstić information content (AvgIpc) is 2.23. The van der Waals surface area contributed by atoms with Crippen LogP contribution in [0, 0.1) is 19.3 Å². The van der Waals surface area contributed by atoms with Gasteiger partial charge in [0.1, 0.15) is 5.82 Å². The Bertz CT molecular complexity index is 357. The van der Waals surface area contributed by atoms with E-state index in [0.29, 0.717) is 0 Å². The summed E-state index contributed by atoms with van der Waals surface area (Å²) in [6.07, 6.45) is 6.81. The molecule has 0 fully saturated rings. The SMILES string of the molecule is C#CCSCCNc1cc(C)c(N)cn1. The molecule has 4 heteroatoms. The first-order valence-corrected chi connectivity index (χ1v) is 5.86. The third-order valence-corrected chi connectivity index (χ3v) is 2.75. The zero-order valence-corrected chi connectivity index (χ0v) is 9.60. The summed E-state index contributed by atoms with van der Waals surface area (Å²) in [5.41, 5.74) is 7.44. The number of aryl methyl sites for hydroxylation is 1. The lowest BCUT2D eigenvalue weighted by Gasteiger charge is -2.06. The van der Waals surface area contributed by atoms with Gasteiger partial charge in [0.2, 0.25) is 0 Å². The second kappa shape index (κ2) is 6.20. The Balaban J connectivity index is 2.32. The van der Waals surface area contributed by atoms with Crippen LogP contribution in [-0.2, 0) is 0 Å². The van der Waals surface area contributed by atoms with Gasteiger partial charge >= 0.3 is 0 Å². The minimum atomic E-state index is 0.724. The smallest absolute Gasteiger partial charge is 0.126 e. The van der Waals surface area contributed by atoms with Gasteiger partial charge in [-0.2, -0.15) is 0 Å². The second-order valence-electron chi connectivity index (χ2n) is 3.11. The number of thioether (sulfide) groups is 1. The van der Waals surface area contributed by atoms with Gasteiger partial charge in [-0.3, -0.25) is 0 Å². The van der Waals surface area contributed by atoms with Crippen LogP contribution in [0.4, 0.5) is 11.5 Å². The minimum absolute atomic E-state index is 0.724. The van der Waals surface area contributed by atoms with Gasteiger partial charge in [0.25, 0.3) is 0 Å². The van der Waals surface area contributed by atoms with Crippen LogP contribution in [0.1, 0.15) is 5.56 Å². The summed E-state index contributed by atoms with van der Waals surface area (Å²) >= 11 is 1.73. The first-order chi connectivity index (χ1) is 7.24.